The summed E-state index contributed by atoms with van der Waals surface area (Å²) in [5.41, 5.74) is -0.691. The fourth-order valence-corrected chi connectivity index (χ4v) is 2.30. The molecule has 2 aromatic rings. The second-order valence-corrected chi connectivity index (χ2v) is 6.13. The van der Waals surface area contributed by atoms with Gasteiger partial charge in [0.2, 0.25) is 0 Å². The van der Waals surface area contributed by atoms with Gasteiger partial charge in [-0.2, -0.15) is 18.2 Å². The summed E-state index contributed by atoms with van der Waals surface area (Å²) < 4.78 is 49.6. The number of aliphatic imine (C=N–C) groups is 1. The van der Waals surface area contributed by atoms with Crippen molar-refractivity contribution >= 4 is 35.2 Å². The smallest absolute Gasteiger partial charge is 0.417 e. The molecule has 10 heteroatoms. The molecule has 0 aliphatic carbocycles. The molecule has 0 aliphatic heterocycles. The molecule has 27 heavy (non-hydrogen) atoms. The fraction of sp³-hybridized carbons (Fsp3) is 0.294. The summed E-state index contributed by atoms with van der Waals surface area (Å²) >= 11 is 11.7. The molecule has 0 saturated carbocycles. The van der Waals surface area contributed by atoms with Crippen molar-refractivity contribution in [3.05, 3.63) is 40.0 Å². The molecule has 0 aliphatic rings. The van der Waals surface area contributed by atoms with Crippen molar-refractivity contribution in [3.63, 3.8) is 0 Å². The molecule has 5 nitrogen and oxygen atoms in total. The monoisotopic (exact) mass is 421 g/mol. The van der Waals surface area contributed by atoms with Gasteiger partial charge in [0, 0.05) is 19.7 Å². The van der Waals surface area contributed by atoms with Crippen LogP contribution in [0.1, 0.15) is 12.5 Å². The van der Waals surface area contributed by atoms with E-state index in [-0.39, 0.29) is 22.5 Å². The summed E-state index contributed by atoms with van der Waals surface area (Å²) in [5.74, 6) is -0.0505. The maximum atomic E-state index is 13.0. The van der Waals surface area contributed by atoms with Crippen molar-refractivity contribution in [2.45, 2.75) is 13.1 Å². The predicted octanol–water partition coefficient (Wildman–Crippen LogP) is 5.82. The van der Waals surface area contributed by atoms with Crippen LogP contribution >= 0.6 is 23.2 Å². The summed E-state index contributed by atoms with van der Waals surface area (Å²) in [6.07, 6.45) is -3.05. The van der Waals surface area contributed by atoms with Gasteiger partial charge in [-0.15, -0.1) is 0 Å². The summed E-state index contributed by atoms with van der Waals surface area (Å²) in [5, 5.41) is -0.422. The molecular formula is C17H16Cl2F3N3O2. The molecule has 0 atom stereocenters. The van der Waals surface area contributed by atoms with E-state index in [0.29, 0.717) is 5.69 Å². The molecule has 0 radical (unpaired) electrons. The normalized spacial score (nSPS) is 11.7. The molecule has 1 aromatic carbocycles. The summed E-state index contributed by atoms with van der Waals surface area (Å²) in [6.45, 7) is 2.69. The average molecular weight is 422 g/mol. The number of alkyl halides is 3. The van der Waals surface area contributed by atoms with E-state index < -0.39 is 16.8 Å². The van der Waals surface area contributed by atoms with Crippen molar-refractivity contribution in [1.29, 1.82) is 0 Å². The van der Waals surface area contributed by atoms with Gasteiger partial charge in [0.05, 0.1) is 24.0 Å². The number of benzene rings is 1. The van der Waals surface area contributed by atoms with Gasteiger partial charge in [-0.1, -0.05) is 23.2 Å². The molecule has 146 valence electrons. The Kier molecular flexibility index (Phi) is 6.78. The Morgan fingerprint density at radius 1 is 1.26 bits per heavy atom. The minimum atomic E-state index is -4.62. The lowest BCUT2D eigenvalue weighted by atomic mass is 10.2. The number of hydrogen-bond donors (Lipinski definition) is 0. The molecule has 0 fully saturated rings. The van der Waals surface area contributed by atoms with Gasteiger partial charge >= 0.3 is 6.18 Å². The Morgan fingerprint density at radius 3 is 2.56 bits per heavy atom. The highest BCUT2D eigenvalue weighted by Gasteiger charge is 2.33. The van der Waals surface area contributed by atoms with Crippen LogP contribution in [0.25, 0.3) is 0 Å². The van der Waals surface area contributed by atoms with E-state index in [2.05, 4.69) is 9.98 Å². The Bertz CT molecular complexity index is 845. The number of aromatic nitrogens is 1. The van der Waals surface area contributed by atoms with Gasteiger partial charge in [-0.3, -0.25) is 0 Å². The first-order valence-electron chi connectivity index (χ1n) is 7.69. The van der Waals surface area contributed by atoms with E-state index in [0.717, 1.165) is 18.7 Å². The standard InChI is InChI=1S/C17H16Cl2F3N3O2/c1-4-25(2)9-23-13-8-14(26-3)16(24-15(13)19)27-10-5-6-12(18)11(7-10)17(20,21)22/h5-9H,4H2,1-3H3/b23-9+. The van der Waals surface area contributed by atoms with Crippen molar-refractivity contribution in [3.8, 4) is 17.4 Å². The highest BCUT2D eigenvalue weighted by molar-refractivity contribution is 6.32. The number of halogens is 5. The number of methoxy groups -OCH3 is 1. The van der Waals surface area contributed by atoms with E-state index in [9.17, 15) is 13.2 Å². The highest BCUT2D eigenvalue weighted by atomic mass is 35.5. The lowest BCUT2D eigenvalue weighted by Crippen LogP contribution is -2.14. The SMILES string of the molecule is CCN(C)/C=N/c1cc(OC)c(Oc2ccc(Cl)c(C(F)(F)F)c2)nc1Cl. The van der Waals surface area contributed by atoms with Crippen LogP contribution < -0.4 is 9.47 Å². The first-order valence-corrected chi connectivity index (χ1v) is 8.44. The van der Waals surface area contributed by atoms with Gasteiger partial charge in [0.15, 0.2) is 10.9 Å². The third-order valence-corrected chi connectivity index (χ3v) is 4.07. The average Bonchev–Trinajstić information content (AvgIpc) is 2.61. The largest absolute Gasteiger partial charge is 0.491 e. The second-order valence-electron chi connectivity index (χ2n) is 5.36. The lowest BCUT2D eigenvalue weighted by Gasteiger charge is -2.14. The number of nitrogens with zero attached hydrogens (tertiary/aromatic N) is 3. The van der Waals surface area contributed by atoms with E-state index in [1.165, 1.54) is 19.2 Å². The van der Waals surface area contributed by atoms with Crippen LogP contribution in [0.5, 0.6) is 17.4 Å². The summed E-state index contributed by atoms with van der Waals surface area (Å²) in [7, 11) is 3.20. The number of rotatable bonds is 6. The molecule has 0 saturated heterocycles. The van der Waals surface area contributed by atoms with Gasteiger partial charge in [-0.25, -0.2) is 4.99 Å². The van der Waals surface area contributed by atoms with Gasteiger partial charge in [-0.05, 0) is 25.1 Å². The van der Waals surface area contributed by atoms with Crippen LogP contribution in [0, 0.1) is 0 Å². The Hall–Kier alpha value is -2.19. The van der Waals surface area contributed by atoms with Crippen molar-refractivity contribution in [2.75, 3.05) is 20.7 Å². The Labute approximate surface area is 164 Å². The van der Waals surface area contributed by atoms with Gasteiger partial charge < -0.3 is 14.4 Å². The zero-order chi connectivity index (χ0) is 20.2. The van der Waals surface area contributed by atoms with Crippen LogP contribution in [0.2, 0.25) is 10.2 Å². The van der Waals surface area contributed by atoms with Gasteiger partial charge in [0.1, 0.15) is 11.4 Å². The molecular weight excluding hydrogens is 406 g/mol. The van der Waals surface area contributed by atoms with Crippen LogP contribution in [-0.4, -0.2) is 36.9 Å². The van der Waals surface area contributed by atoms with Crippen molar-refractivity contribution in [2.24, 2.45) is 4.99 Å². The van der Waals surface area contributed by atoms with Crippen LogP contribution in [-0.2, 0) is 6.18 Å². The molecule has 0 amide bonds. The van der Waals surface area contributed by atoms with Crippen LogP contribution in [0.3, 0.4) is 0 Å². The lowest BCUT2D eigenvalue weighted by molar-refractivity contribution is -0.137. The van der Waals surface area contributed by atoms with E-state index in [1.54, 1.807) is 6.34 Å². The minimum absolute atomic E-state index is 0.0107. The zero-order valence-electron chi connectivity index (χ0n) is 14.6. The zero-order valence-corrected chi connectivity index (χ0v) is 16.2. The van der Waals surface area contributed by atoms with Gasteiger partial charge in [0.25, 0.3) is 5.88 Å². The molecule has 0 N–H and O–H groups in total. The quantitative estimate of drug-likeness (QED) is 0.335. The Balaban J connectivity index is 2.37. The molecule has 1 heterocycles. The first-order chi connectivity index (χ1) is 12.7. The van der Waals surface area contributed by atoms with Crippen molar-refractivity contribution in [1.82, 2.24) is 9.88 Å². The van der Waals surface area contributed by atoms with E-state index >= 15 is 0 Å². The summed E-state index contributed by atoms with van der Waals surface area (Å²) in [6, 6.07) is 4.63. The third-order valence-electron chi connectivity index (χ3n) is 3.46. The molecule has 0 bridgehead atoms. The molecule has 0 unspecified atom stereocenters. The Morgan fingerprint density at radius 2 is 1.96 bits per heavy atom. The maximum Gasteiger partial charge on any atom is 0.417 e. The van der Waals surface area contributed by atoms with Crippen LogP contribution in [0.4, 0.5) is 18.9 Å². The highest BCUT2D eigenvalue weighted by Crippen LogP contribution is 2.40. The maximum absolute atomic E-state index is 13.0. The molecule has 0 spiro atoms. The molecule has 2 rings (SSSR count). The van der Waals surface area contributed by atoms with Crippen molar-refractivity contribution < 1.29 is 22.6 Å². The summed E-state index contributed by atoms with van der Waals surface area (Å²) in [4.78, 5) is 10.0. The number of ether oxygens (including phenoxy) is 2. The number of hydrogen-bond acceptors (Lipinski definition) is 4. The minimum Gasteiger partial charge on any atom is -0.491 e. The fourth-order valence-electron chi connectivity index (χ4n) is 1.90. The van der Waals surface area contributed by atoms with E-state index in [1.807, 2.05) is 18.9 Å². The molecule has 1 aromatic heterocycles. The topological polar surface area (TPSA) is 47.0 Å². The third kappa shape index (κ3) is 5.40. The van der Waals surface area contributed by atoms with E-state index in [4.69, 9.17) is 32.7 Å². The first kappa shape index (κ1) is 21.1. The number of pyridine rings is 1. The second kappa shape index (κ2) is 8.67. The van der Waals surface area contributed by atoms with Crippen LogP contribution in [0.15, 0.2) is 29.3 Å². The predicted molar refractivity (Wildman–Crippen MR) is 98.8 cm³/mol.